The third kappa shape index (κ3) is 1.98. The second-order valence-electron chi connectivity index (χ2n) is 2.59. The van der Waals surface area contributed by atoms with Crippen LogP contribution in [0.1, 0.15) is 11.3 Å². The Morgan fingerprint density at radius 1 is 1.79 bits per heavy atom. The van der Waals surface area contributed by atoms with E-state index >= 15 is 0 Å². The molecule has 0 radical (unpaired) electrons. The third-order valence-electron chi connectivity index (χ3n) is 1.71. The van der Waals surface area contributed by atoms with Crippen molar-refractivity contribution in [1.29, 1.82) is 5.26 Å². The van der Waals surface area contributed by atoms with Crippen molar-refractivity contribution >= 4 is 11.7 Å². The molecule has 0 atom stereocenters. The average Bonchev–Trinajstić information content (AvgIpc) is 2.18. The van der Waals surface area contributed by atoms with Gasteiger partial charge in [0.1, 0.15) is 6.07 Å². The van der Waals surface area contributed by atoms with Crippen molar-refractivity contribution < 1.29 is 9.53 Å². The largest absolute Gasteiger partial charge is 0.469 e. The highest BCUT2D eigenvalue weighted by molar-refractivity contribution is 5.73. The summed E-state index contributed by atoms with van der Waals surface area (Å²) in [5.74, 6) is -0.445. The summed E-state index contributed by atoms with van der Waals surface area (Å²) in [6.45, 7) is 0. The van der Waals surface area contributed by atoms with Crippen molar-refractivity contribution in [2.45, 2.75) is 6.42 Å². The SMILES string of the molecule is COC(=O)Cc1nccc(N)c1C#N. The number of nitrogens with two attached hydrogens (primary N) is 1. The van der Waals surface area contributed by atoms with Crippen LogP contribution in [-0.4, -0.2) is 18.1 Å². The van der Waals surface area contributed by atoms with E-state index in [1.165, 1.54) is 19.4 Å². The summed E-state index contributed by atoms with van der Waals surface area (Å²) in [5, 5.41) is 8.76. The maximum absolute atomic E-state index is 10.9. The lowest BCUT2D eigenvalue weighted by Crippen LogP contribution is -2.09. The summed E-state index contributed by atoms with van der Waals surface area (Å²) < 4.78 is 4.46. The summed E-state index contributed by atoms with van der Waals surface area (Å²) in [6, 6.07) is 3.41. The van der Waals surface area contributed by atoms with Crippen LogP contribution in [0.25, 0.3) is 0 Å². The first-order valence-corrected chi connectivity index (χ1v) is 3.89. The van der Waals surface area contributed by atoms with Crippen molar-refractivity contribution in [3.63, 3.8) is 0 Å². The summed E-state index contributed by atoms with van der Waals surface area (Å²) in [7, 11) is 1.28. The predicted octanol–water partition coefficient (Wildman–Crippen LogP) is 0.251. The Labute approximate surface area is 81.1 Å². The number of nitrogens with zero attached hydrogens (tertiary/aromatic N) is 2. The highest BCUT2D eigenvalue weighted by Crippen LogP contribution is 2.13. The summed E-state index contributed by atoms with van der Waals surface area (Å²) in [4.78, 5) is 14.8. The van der Waals surface area contributed by atoms with Crippen molar-refractivity contribution in [1.82, 2.24) is 4.98 Å². The molecule has 5 heteroatoms. The molecule has 0 saturated heterocycles. The molecule has 0 saturated carbocycles. The van der Waals surface area contributed by atoms with E-state index in [9.17, 15) is 4.79 Å². The van der Waals surface area contributed by atoms with Crippen molar-refractivity contribution in [3.05, 3.63) is 23.5 Å². The molecule has 0 aromatic carbocycles. The minimum atomic E-state index is -0.445. The minimum Gasteiger partial charge on any atom is -0.469 e. The maximum Gasteiger partial charge on any atom is 0.311 e. The smallest absolute Gasteiger partial charge is 0.311 e. The lowest BCUT2D eigenvalue weighted by atomic mass is 10.1. The van der Waals surface area contributed by atoms with Gasteiger partial charge in [-0.25, -0.2) is 0 Å². The molecule has 0 unspecified atom stereocenters. The van der Waals surface area contributed by atoms with E-state index in [0.717, 1.165) is 0 Å². The minimum absolute atomic E-state index is 0.0373. The first kappa shape index (κ1) is 9.99. The van der Waals surface area contributed by atoms with Gasteiger partial charge in [-0.2, -0.15) is 5.26 Å². The third-order valence-corrected chi connectivity index (χ3v) is 1.71. The number of esters is 1. The van der Waals surface area contributed by atoms with Crippen LogP contribution >= 0.6 is 0 Å². The van der Waals surface area contributed by atoms with Gasteiger partial charge in [0.05, 0.1) is 30.5 Å². The van der Waals surface area contributed by atoms with E-state index in [2.05, 4.69) is 9.72 Å². The van der Waals surface area contributed by atoms with E-state index in [0.29, 0.717) is 11.4 Å². The Morgan fingerprint density at radius 3 is 3.07 bits per heavy atom. The molecule has 72 valence electrons. The molecular formula is C9H9N3O2. The van der Waals surface area contributed by atoms with Crippen LogP contribution in [0.15, 0.2) is 12.3 Å². The molecule has 0 aliphatic rings. The number of pyridine rings is 1. The molecule has 2 N–H and O–H groups in total. The average molecular weight is 191 g/mol. The second-order valence-corrected chi connectivity index (χ2v) is 2.59. The number of anilines is 1. The molecule has 0 amide bonds. The van der Waals surface area contributed by atoms with E-state index < -0.39 is 5.97 Å². The number of rotatable bonds is 2. The van der Waals surface area contributed by atoms with Crippen LogP contribution in [0.4, 0.5) is 5.69 Å². The molecular weight excluding hydrogens is 182 g/mol. The van der Waals surface area contributed by atoms with Gasteiger partial charge in [0.2, 0.25) is 0 Å². The van der Waals surface area contributed by atoms with E-state index in [1.54, 1.807) is 0 Å². The first-order chi connectivity index (χ1) is 6.69. The van der Waals surface area contributed by atoms with Crippen LogP contribution in [0.5, 0.6) is 0 Å². The van der Waals surface area contributed by atoms with E-state index in [-0.39, 0.29) is 12.0 Å². The monoisotopic (exact) mass is 191 g/mol. The molecule has 1 aromatic heterocycles. The zero-order valence-electron chi connectivity index (χ0n) is 7.65. The molecule has 0 spiro atoms. The van der Waals surface area contributed by atoms with Crippen molar-refractivity contribution in [3.8, 4) is 6.07 Å². The van der Waals surface area contributed by atoms with Gasteiger partial charge in [-0.3, -0.25) is 9.78 Å². The normalized spacial score (nSPS) is 9.14. The van der Waals surface area contributed by atoms with E-state index in [1.807, 2.05) is 6.07 Å². The second kappa shape index (κ2) is 4.23. The summed E-state index contributed by atoms with van der Waals surface area (Å²) in [5.41, 5.74) is 6.44. The number of ether oxygens (including phenoxy) is 1. The molecule has 1 aromatic rings. The molecule has 0 aliphatic heterocycles. The van der Waals surface area contributed by atoms with Gasteiger partial charge in [-0.1, -0.05) is 0 Å². The van der Waals surface area contributed by atoms with Gasteiger partial charge < -0.3 is 10.5 Å². The van der Waals surface area contributed by atoms with Crippen LogP contribution < -0.4 is 5.73 Å². The molecule has 1 rings (SSSR count). The fourth-order valence-corrected chi connectivity index (χ4v) is 0.994. The Balaban J connectivity index is 3.04. The number of hydrogen-bond acceptors (Lipinski definition) is 5. The molecule has 1 heterocycles. The molecule has 0 aliphatic carbocycles. The van der Waals surface area contributed by atoms with Gasteiger partial charge in [-0.05, 0) is 6.07 Å². The Hall–Kier alpha value is -2.09. The van der Waals surface area contributed by atoms with Gasteiger partial charge in [0.15, 0.2) is 0 Å². The van der Waals surface area contributed by atoms with Crippen LogP contribution in [0.3, 0.4) is 0 Å². The number of carbonyl (C=O) groups excluding carboxylic acids is 1. The zero-order valence-corrected chi connectivity index (χ0v) is 7.65. The van der Waals surface area contributed by atoms with Crippen molar-refractivity contribution in [2.75, 3.05) is 12.8 Å². The van der Waals surface area contributed by atoms with Gasteiger partial charge in [-0.15, -0.1) is 0 Å². The number of methoxy groups -OCH3 is 1. The Morgan fingerprint density at radius 2 is 2.50 bits per heavy atom. The Kier molecular flexibility index (Phi) is 3.02. The lowest BCUT2D eigenvalue weighted by molar-refractivity contribution is -0.139. The standard InChI is InChI=1S/C9H9N3O2/c1-14-9(13)4-8-6(5-10)7(11)2-3-12-8/h2-3H,4H2,1H3,(H2,11,12). The number of carbonyl (C=O) groups is 1. The van der Waals surface area contributed by atoms with Gasteiger partial charge >= 0.3 is 5.97 Å². The number of aromatic nitrogens is 1. The fraction of sp³-hybridized carbons (Fsp3) is 0.222. The first-order valence-electron chi connectivity index (χ1n) is 3.89. The van der Waals surface area contributed by atoms with E-state index in [4.69, 9.17) is 11.0 Å². The van der Waals surface area contributed by atoms with Crippen LogP contribution in [0.2, 0.25) is 0 Å². The molecule has 0 bridgehead atoms. The highest BCUT2D eigenvalue weighted by Gasteiger charge is 2.11. The highest BCUT2D eigenvalue weighted by atomic mass is 16.5. The zero-order chi connectivity index (χ0) is 10.6. The van der Waals surface area contributed by atoms with Crippen LogP contribution in [-0.2, 0) is 16.0 Å². The topological polar surface area (TPSA) is 89.0 Å². The Bertz CT molecular complexity index is 396. The summed E-state index contributed by atoms with van der Waals surface area (Å²) in [6.07, 6.45) is 1.42. The predicted molar refractivity (Wildman–Crippen MR) is 49.1 cm³/mol. The van der Waals surface area contributed by atoms with Gasteiger partial charge in [0, 0.05) is 6.20 Å². The molecule has 0 fully saturated rings. The maximum atomic E-state index is 10.9. The van der Waals surface area contributed by atoms with Gasteiger partial charge in [0.25, 0.3) is 0 Å². The molecule has 14 heavy (non-hydrogen) atoms. The molecule has 5 nitrogen and oxygen atoms in total. The quantitative estimate of drug-likeness (QED) is 0.677. The lowest BCUT2D eigenvalue weighted by Gasteiger charge is -2.03. The number of nitrogen functional groups attached to an aromatic ring is 1. The van der Waals surface area contributed by atoms with Crippen LogP contribution in [0, 0.1) is 11.3 Å². The summed E-state index contributed by atoms with van der Waals surface area (Å²) >= 11 is 0. The van der Waals surface area contributed by atoms with Crippen molar-refractivity contribution in [2.24, 2.45) is 0 Å². The number of hydrogen-bond donors (Lipinski definition) is 1. The fourth-order valence-electron chi connectivity index (χ4n) is 0.994. The number of nitriles is 1.